The van der Waals surface area contributed by atoms with Crippen molar-refractivity contribution in [3.8, 4) is 11.3 Å². The van der Waals surface area contributed by atoms with Crippen LogP contribution in [0.25, 0.3) is 11.3 Å². The molecule has 0 aliphatic heterocycles. The minimum atomic E-state index is 0.607. The predicted molar refractivity (Wildman–Crippen MR) is 58.9 cm³/mol. The van der Waals surface area contributed by atoms with E-state index in [1.165, 1.54) is 0 Å². The van der Waals surface area contributed by atoms with E-state index < -0.39 is 0 Å². The highest BCUT2D eigenvalue weighted by molar-refractivity contribution is 6.36. The Balaban J connectivity index is 2.60. The van der Waals surface area contributed by atoms with Crippen LogP contribution in [0.5, 0.6) is 0 Å². The number of hydrogen-bond donors (Lipinski definition) is 0. The van der Waals surface area contributed by atoms with Crippen molar-refractivity contribution in [2.24, 2.45) is 0 Å². The Labute approximate surface area is 92.3 Å². The summed E-state index contributed by atoms with van der Waals surface area (Å²) in [5.74, 6) is 0.759. The summed E-state index contributed by atoms with van der Waals surface area (Å²) in [6.45, 7) is 1.94. The Morgan fingerprint density at radius 3 is 2.57 bits per heavy atom. The number of furan rings is 1. The van der Waals surface area contributed by atoms with E-state index in [0.717, 1.165) is 16.9 Å². The molecule has 0 aliphatic rings. The number of benzene rings is 1. The Bertz CT molecular complexity index is 447. The molecule has 1 nitrogen and oxygen atoms in total. The highest BCUT2D eigenvalue weighted by Crippen LogP contribution is 2.32. The Morgan fingerprint density at radius 1 is 1.14 bits per heavy atom. The first kappa shape index (κ1) is 9.63. The van der Waals surface area contributed by atoms with Gasteiger partial charge >= 0.3 is 0 Å². The smallest absolute Gasteiger partial charge is 0.135 e. The van der Waals surface area contributed by atoms with Gasteiger partial charge in [0.05, 0.1) is 11.3 Å². The second-order valence-electron chi connectivity index (χ2n) is 3.06. The fraction of sp³-hybridized carbons (Fsp3) is 0.0909. The molecule has 72 valence electrons. The summed E-state index contributed by atoms with van der Waals surface area (Å²) in [5, 5.41) is 1.28. The van der Waals surface area contributed by atoms with Crippen LogP contribution in [0.3, 0.4) is 0 Å². The molecule has 0 saturated heterocycles. The van der Waals surface area contributed by atoms with Crippen LogP contribution in [-0.4, -0.2) is 0 Å². The van der Waals surface area contributed by atoms with E-state index in [1.807, 2.05) is 25.1 Å². The van der Waals surface area contributed by atoms with Gasteiger partial charge in [-0.15, -0.1) is 0 Å². The van der Waals surface area contributed by atoms with Gasteiger partial charge < -0.3 is 4.42 Å². The van der Waals surface area contributed by atoms with E-state index in [9.17, 15) is 0 Å². The van der Waals surface area contributed by atoms with Gasteiger partial charge in [0, 0.05) is 10.6 Å². The van der Waals surface area contributed by atoms with Crippen LogP contribution < -0.4 is 0 Å². The van der Waals surface area contributed by atoms with Crippen molar-refractivity contribution in [1.82, 2.24) is 0 Å². The van der Waals surface area contributed by atoms with Crippen molar-refractivity contribution in [3.63, 3.8) is 0 Å². The maximum atomic E-state index is 6.05. The molecule has 14 heavy (non-hydrogen) atoms. The summed E-state index contributed by atoms with van der Waals surface area (Å²) in [7, 11) is 0. The number of hydrogen-bond acceptors (Lipinski definition) is 1. The fourth-order valence-electron chi connectivity index (χ4n) is 1.28. The standard InChI is InChI=1S/C11H8Cl2O/c1-7-5-8(10(13)6-9(7)12)11-3-2-4-14-11/h2-6H,1H3. The van der Waals surface area contributed by atoms with Crippen molar-refractivity contribution in [1.29, 1.82) is 0 Å². The molecule has 0 saturated carbocycles. The Morgan fingerprint density at radius 2 is 1.93 bits per heavy atom. The molecule has 1 heterocycles. The maximum Gasteiger partial charge on any atom is 0.135 e. The lowest BCUT2D eigenvalue weighted by molar-refractivity contribution is 0.582. The minimum Gasteiger partial charge on any atom is -0.464 e. The average molecular weight is 227 g/mol. The molecular formula is C11H8Cl2O. The van der Waals surface area contributed by atoms with E-state index in [-0.39, 0.29) is 0 Å². The van der Waals surface area contributed by atoms with Crippen LogP contribution in [0.2, 0.25) is 10.0 Å². The van der Waals surface area contributed by atoms with Gasteiger partial charge in [0.25, 0.3) is 0 Å². The molecule has 0 spiro atoms. The van der Waals surface area contributed by atoms with E-state index in [4.69, 9.17) is 27.6 Å². The SMILES string of the molecule is Cc1cc(-c2ccco2)c(Cl)cc1Cl. The van der Waals surface area contributed by atoms with Gasteiger partial charge in [0.15, 0.2) is 0 Å². The first-order chi connectivity index (χ1) is 6.68. The van der Waals surface area contributed by atoms with Crippen LogP contribution in [0.4, 0.5) is 0 Å². The molecule has 0 unspecified atom stereocenters. The molecule has 1 aromatic heterocycles. The van der Waals surface area contributed by atoms with Gasteiger partial charge in [-0.3, -0.25) is 0 Å². The van der Waals surface area contributed by atoms with Crippen LogP contribution in [0, 0.1) is 6.92 Å². The normalized spacial score (nSPS) is 10.5. The third-order valence-corrected chi connectivity index (χ3v) is 2.75. The summed E-state index contributed by atoms with van der Waals surface area (Å²) in [6.07, 6.45) is 1.62. The molecule has 0 atom stereocenters. The summed E-state index contributed by atoms with van der Waals surface area (Å²) in [4.78, 5) is 0. The van der Waals surface area contributed by atoms with E-state index >= 15 is 0 Å². The highest BCUT2D eigenvalue weighted by Gasteiger charge is 2.08. The lowest BCUT2D eigenvalue weighted by atomic mass is 10.1. The number of rotatable bonds is 1. The Hall–Kier alpha value is -0.920. The van der Waals surface area contributed by atoms with Crippen molar-refractivity contribution >= 4 is 23.2 Å². The average Bonchev–Trinajstić information content (AvgIpc) is 2.64. The summed E-state index contributed by atoms with van der Waals surface area (Å²) in [6, 6.07) is 7.35. The summed E-state index contributed by atoms with van der Waals surface area (Å²) >= 11 is 12.0. The molecule has 0 radical (unpaired) electrons. The zero-order chi connectivity index (χ0) is 10.1. The lowest BCUT2D eigenvalue weighted by Gasteiger charge is -2.04. The van der Waals surface area contributed by atoms with Gasteiger partial charge in [0.2, 0.25) is 0 Å². The van der Waals surface area contributed by atoms with Crippen molar-refractivity contribution < 1.29 is 4.42 Å². The van der Waals surface area contributed by atoms with Crippen molar-refractivity contribution in [2.45, 2.75) is 6.92 Å². The van der Waals surface area contributed by atoms with Gasteiger partial charge in [-0.25, -0.2) is 0 Å². The third kappa shape index (κ3) is 1.66. The fourth-order valence-corrected chi connectivity index (χ4v) is 1.75. The van der Waals surface area contributed by atoms with Crippen LogP contribution in [-0.2, 0) is 0 Å². The van der Waals surface area contributed by atoms with Gasteiger partial charge in [-0.1, -0.05) is 23.2 Å². The molecule has 0 fully saturated rings. The molecule has 0 bridgehead atoms. The molecular weight excluding hydrogens is 219 g/mol. The molecule has 0 amide bonds. The topological polar surface area (TPSA) is 13.1 Å². The molecule has 3 heteroatoms. The summed E-state index contributed by atoms with van der Waals surface area (Å²) < 4.78 is 5.27. The lowest BCUT2D eigenvalue weighted by Crippen LogP contribution is -1.81. The van der Waals surface area contributed by atoms with Crippen LogP contribution in [0.1, 0.15) is 5.56 Å². The van der Waals surface area contributed by atoms with E-state index in [0.29, 0.717) is 10.0 Å². The van der Waals surface area contributed by atoms with E-state index in [1.54, 1.807) is 12.3 Å². The maximum absolute atomic E-state index is 6.05. The molecule has 0 N–H and O–H groups in total. The summed E-state index contributed by atoms with van der Waals surface area (Å²) in [5.41, 5.74) is 1.86. The second-order valence-corrected chi connectivity index (χ2v) is 3.87. The Kier molecular flexibility index (Phi) is 2.53. The van der Waals surface area contributed by atoms with Crippen molar-refractivity contribution in [2.75, 3.05) is 0 Å². The molecule has 1 aromatic carbocycles. The van der Waals surface area contributed by atoms with Crippen LogP contribution in [0.15, 0.2) is 34.9 Å². The first-order valence-electron chi connectivity index (χ1n) is 4.18. The molecule has 2 rings (SSSR count). The quantitative estimate of drug-likeness (QED) is 0.695. The number of halogens is 2. The zero-order valence-corrected chi connectivity index (χ0v) is 9.06. The van der Waals surface area contributed by atoms with E-state index in [2.05, 4.69) is 0 Å². The zero-order valence-electron chi connectivity index (χ0n) is 7.55. The first-order valence-corrected chi connectivity index (χ1v) is 4.93. The molecule has 0 aliphatic carbocycles. The second kappa shape index (κ2) is 3.68. The largest absolute Gasteiger partial charge is 0.464 e. The molecule has 2 aromatic rings. The number of aryl methyl sites for hydroxylation is 1. The third-order valence-electron chi connectivity index (χ3n) is 2.03. The van der Waals surface area contributed by atoms with Crippen LogP contribution >= 0.6 is 23.2 Å². The highest BCUT2D eigenvalue weighted by atomic mass is 35.5. The predicted octanol–water partition coefficient (Wildman–Crippen LogP) is 4.56. The minimum absolute atomic E-state index is 0.607. The van der Waals surface area contributed by atoms with Gasteiger partial charge in [-0.05, 0) is 36.8 Å². The van der Waals surface area contributed by atoms with Gasteiger partial charge in [-0.2, -0.15) is 0 Å². The van der Waals surface area contributed by atoms with Crippen molar-refractivity contribution in [3.05, 3.63) is 46.1 Å². The monoisotopic (exact) mass is 226 g/mol. The van der Waals surface area contributed by atoms with Gasteiger partial charge in [0.1, 0.15) is 5.76 Å².